The number of hydrogen-bond donors (Lipinski definition) is 0. The van der Waals surface area contributed by atoms with Gasteiger partial charge in [0.05, 0.1) is 23.8 Å². The maximum atomic E-state index is 12.2. The Morgan fingerprint density at radius 2 is 1.91 bits per heavy atom. The number of fused-ring (bicyclic) bond motifs is 2. The largest absolute Gasteiger partial charge is 0.495 e. The topological polar surface area (TPSA) is 51.7 Å². The first-order chi connectivity index (χ1) is 10.6. The molecule has 0 saturated carbocycles. The van der Waals surface area contributed by atoms with E-state index in [9.17, 15) is 4.79 Å². The molecule has 0 aliphatic carbocycles. The van der Waals surface area contributed by atoms with Crippen molar-refractivity contribution in [1.29, 1.82) is 0 Å². The Morgan fingerprint density at radius 3 is 2.55 bits per heavy atom. The van der Waals surface area contributed by atoms with Gasteiger partial charge in [-0.1, -0.05) is 0 Å². The Bertz CT molecular complexity index is 810. The number of benzene rings is 1. The van der Waals surface area contributed by atoms with Crippen molar-refractivity contribution in [1.82, 2.24) is 9.88 Å². The van der Waals surface area contributed by atoms with E-state index in [1.54, 1.807) is 39.4 Å². The van der Waals surface area contributed by atoms with Crippen molar-refractivity contribution in [2.24, 2.45) is 0 Å². The molecule has 3 aromatic rings. The summed E-state index contributed by atoms with van der Waals surface area (Å²) >= 11 is 1.41. The summed E-state index contributed by atoms with van der Waals surface area (Å²) in [5, 5.41) is 1.72. The number of carbonyl (C=O) groups excluding carboxylic acids is 1. The quantitative estimate of drug-likeness (QED) is 0.745. The van der Waals surface area contributed by atoms with Crippen LogP contribution in [0.2, 0.25) is 0 Å². The van der Waals surface area contributed by atoms with Gasteiger partial charge in [-0.3, -0.25) is 9.78 Å². The van der Waals surface area contributed by atoms with E-state index < -0.39 is 0 Å². The number of nitrogens with zero attached hydrogens (tertiary/aromatic N) is 2. The maximum absolute atomic E-state index is 12.2. The Labute approximate surface area is 132 Å². The molecule has 0 spiro atoms. The minimum atomic E-state index is -0.0395. The highest BCUT2D eigenvalue weighted by molar-refractivity contribution is 7.21. The fraction of sp³-hybridized carbons (Fsp3) is 0.250. The fourth-order valence-electron chi connectivity index (χ4n) is 2.48. The molecule has 114 valence electrons. The summed E-state index contributed by atoms with van der Waals surface area (Å²) in [5.74, 6) is 1.35. The van der Waals surface area contributed by atoms with Crippen molar-refractivity contribution in [2.45, 2.75) is 0 Å². The summed E-state index contributed by atoms with van der Waals surface area (Å²) < 4.78 is 12.0. The fourth-order valence-corrected chi connectivity index (χ4v) is 3.70. The SMILES string of the molecule is COc1c2cc(C(=O)N(C)C)sc2c(OC)c2cccnc12. The third-order valence-corrected chi connectivity index (χ3v) is 4.60. The van der Waals surface area contributed by atoms with Crippen molar-refractivity contribution < 1.29 is 14.3 Å². The second-order valence-electron chi connectivity index (χ2n) is 5.02. The Morgan fingerprint density at radius 1 is 1.18 bits per heavy atom. The number of methoxy groups -OCH3 is 2. The summed E-state index contributed by atoms with van der Waals surface area (Å²) in [6, 6.07) is 5.64. The summed E-state index contributed by atoms with van der Waals surface area (Å²) in [6.45, 7) is 0. The van der Waals surface area contributed by atoms with E-state index in [0.717, 1.165) is 26.7 Å². The molecule has 0 radical (unpaired) electrons. The predicted octanol–water partition coefficient (Wildman–Crippen LogP) is 3.17. The highest BCUT2D eigenvalue weighted by Gasteiger charge is 2.21. The number of carbonyl (C=O) groups is 1. The zero-order valence-electron chi connectivity index (χ0n) is 12.8. The van der Waals surface area contributed by atoms with Gasteiger partial charge in [0, 0.05) is 31.1 Å². The molecule has 0 fully saturated rings. The van der Waals surface area contributed by atoms with Crippen LogP contribution in [0.4, 0.5) is 0 Å². The van der Waals surface area contributed by atoms with Gasteiger partial charge < -0.3 is 14.4 Å². The van der Waals surface area contributed by atoms with E-state index in [-0.39, 0.29) is 5.91 Å². The molecule has 0 bridgehead atoms. The van der Waals surface area contributed by atoms with Crippen LogP contribution in [-0.2, 0) is 0 Å². The lowest BCUT2D eigenvalue weighted by Gasteiger charge is -2.10. The first-order valence-electron chi connectivity index (χ1n) is 6.72. The Kier molecular flexibility index (Phi) is 3.62. The zero-order valence-corrected chi connectivity index (χ0v) is 13.7. The molecule has 1 aromatic carbocycles. The minimum absolute atomic E-state index is 0.0395. The van der Waals surface area contributed by atoms with Gasteiger partial charge in [-0.25, -0.2) is 0 Å². The minimum Gasteiger partial charge on any atom is -0.495 e. The van der Waals surface area contributed by atoms with Gasteiger partial charge in [-0.05, 0) is 18.2 Å². The molecule has 2 heterocycles. The smallest absolute Gasteiger partial charge is 0.263 e. The molecule has 22 heavy (non-hydrogen) atoms. The lowest BCUT2D eigenvalue weighted by atomic mass is 10.1. The van der Waals surface area contributed by atoms with Crippen molar-refractivity contribution in [2.75, 3.05) is 28.3 Å². The van der Waals surface area contributed by atoms with Crippen LogP contribution in [0, 0.1) is 0 Å². The zero-order chi connectivity index (χ0) is 15.9. The van der Waals surface area contributed by atoms with Crippen molar-refractivity contribution in [3.63, 3.8) is 0 Å². The van der Waals surface area contributed by atoms with E-state index in [1.165, 1.54) is 11.3 Å². The number of rotatable bonds is 3. The van der Waals surface area contributed by atoms with Gasteiger partial charge in [0.1, 0.15) is 11.3 Å². The first-order valence-corrected chi connectivity index (χ1v) is 7.54. The van der Waals surface area contributed by atoms with Crippen molar-refractivity contribution >= 4 is 38.2 Å². The molecule has 2 aromatic heterocycles. The monoisotopic (exact) mass is 316 g/mol. The summed E-state index contributed by atoms with van der Waals surface area (Å²) in [7, 11) is 6.71. The van der Waals surface area contributed by atoms with Gasteiger partial charge in [-0.2, -0.15) is 0 Å². The molecular weight excluding hydrogens is 300 g/mol. The van der Waals surface area contributed by atoms with Crippen molar-refractivity contribution in [3.8, 4) is 11.5 Å². The lowest BCUT2D eigenvalue weighted by molar-refractivity contribution is 0.0832. The Hall–Kier alpha value is -2.34. The van der Waals surface area contributed by atoms with Gasteiger partial charge in [0.15, 0.2) is 5.75 Å². The molecular formula is C16H16N2O3S. The summed E-state index contributed by atoms with van der Waals surface area (Å²) in [5.41, 5.74) is 0.732. The predicted molar refractivity (Wildman–Crippen MR) is 88.2 cm³/mol. The van der Waals surface area contributed by atoms with Crippen LogP contribution in [0.25, 0.3) is 21.0 Å². The average molecular weight is 316 g/mol. The molecule has 0 saturated heterocycles. The standard InChI is InChI=1S/C16H16N2O3S/c1-18(2)16(19)11-8-10-13(20-3)12-9(6-5-7-17-12)14(21-4)15(10)22-11/h5-8H,1-4H3. The second kappa shape index (κ2) is 5.46. The van der Waals surface area contributed by atoms with Gasteiger partial charge in [-0.15, -0.1) is 11.3 Å². The molecule has 3 rings (SSSR count). The van der Waals surface area contributed by atoms with Crippen LogP contribution in [0.1, 0.15) is 9.67 Å². The molecule has 1 amide bonds. The number of amides is 1. The van der Waals surface area contributed by atoms with Crippen LogP contribution >= 0.6 is 11.3 Å². The third-order valence-electron chi connectivity index (χ3n) is 3.48. The number of aromatic nitrogens is 1. The lowest BCUT2D eigenvalue weighted by Crippen LogP contribution is -2.20. The number of ether oxygens (including phenoxy) is 2. The number of thiophene rings is 1. The third kappa shape index (κ3) is 2.07. The second-order valence-corrected chi connectivity index (χ2v) is 6.07. The molecule has 6 heteroatoms. The van der Waals surface area contributed by atoms with Crippen molar-refractivity contribution in [3.05, 3.63) is 29.3 Å². The van der Waals surface area contributed by atoms with Crippen LogP contribution < -0.4 is 9.47 Å². The van der Waals surface area contributed by atoms with E-state index in [4.69, 9.17) is 9.47 Å². The van der Waals surface area contributed by atoms with E-state index in [1.807, 2.05) is 18.2 Å². The van der Waals surface area contributed by atoms with E-state index in [2.05, 4.69) is 4.98 Å². The maximum Gasteiger partial charge on any atom is 0.263 e. The van der Waals surface area contributed by atoms with Crippen LogP contribution in [-0.4, -0.2) is 44.1 Å². The molecule has 0 unspecified atom stereocenters. The first kappa shape index (κ1) is 14.6. The van der Waals surface area contributed by atoms with Crippen LogP contribution in [0.5, 0.6) is 11.5 Å². The van der Waals surface area contributed by atoms with Gasteiger partial charge >= 0.3 is 0 Å². The van der Waals surface area contributed by atoms with E-state index >= 15 is 0 Å². The molecule has 0 aliphatic rings. The summed E-state index contributed by atoms with van der Waals surface area (Å²) in [4.78, 5) is 18.9. The van der Waals surface area contributed by atoms with Crippen LogP contribution in [0.3, 0.4) is 0 Å². The normalized spacial score (nSPS) is 10.9. The molecule has 0 N–H and O–H groups in total. The number of pyridine rings is 1. The molecule has 0 atom stereocenters. The summed E-state index contributed by atoms with van der Waals surface area (Å²) in [6.07, 6.45) is 1.72. The van der Waals surface area contributed by atoms with Crippen LogP contribution in [0.15, 0.2) is 24.4 Å². The molecule has 5 nitrogen and oxygen atoms in total. The molecule has 0 aliphatic heterocycles. The van der Waals surface area contributed by atoms with Gasteiger partial charge in [0.25, 0.3) is 5.91 Å². The average Bonchev–Trinajstić information content (AvgIpc) is 2.95. The number of hydrogen-bond acceptors (Lipinski definition) is 5. The van der Waals surface area contributed by atoms with Gasteiger partial charge in [0.2, 0.25) is 0 Å². The van der Waals surface area contributed by atoms with E-state index in [0.29, 0.717) is 10.6 Å². The highest BCUT2D eigenvalue weighted by Crippen LogP contribution is 2.45. The highest BCUT2D eigenvalue weighted by atomic mass is 32.1. The Balaban J connectivity index is 2.43.